The van der Waals surface area contributed by atoms with E-state index in [1.165, 1.54) is 11.8 Å². The topological polar surface area (TPSA) is 49.8 Å². The van der Waals surface area contributed by atoms with Crippen molar-refractivity contribution in [2.75, 3.05) is 0 Å². The highest BCUT2D eigenvalue weighted by atomic mass is 35.5. The van der Waals surface area contributed by atoms with Gasteiger partial charge in [0.2, 0.25) is 0 Å². The molecule has 0 atom stereocenters. The van der Waals surface area contributed by atoms with Gasteiger partial charge in [-0.25, -0.2) is 4.98 Å². The van der Waals surface area contributed by atoms with E-state index in [2.05, 4.69) is 11.1 Å². The minimum Gasteiger partial charge on any atom is -0.431 e. The number of rotatable bonds is 3. The maximum absolute atomic E-state index is 9.05. The van der Waals surface area contributed by atoms with Gasteiger partial charge in [0.15, 0.2) is 5.58 Å². The van der Waals surface area contributed by atoms with Gasteiger partial charge in [0.05, 0.1) is 11.6 Å². The van der Waals surface area contributed by atoms with Crippen LogP contribution in [0.3, 0.4) is 0 Å². The molecule has 0 aliphatic carbocycles. The fourth-order valence-electron chi connectivity index (χ4n) is 1.83. The summed E-state index contributed by atoms with van der Waals surface area (Å²) in [4.78, 5) is 4.38. The van der Waals surface area contributed by atoms with Gasteiger partial charge in [-0.15, -0.1) is 0 Å². The van der Waals surface area contributed by atoms with Crippen molar-refractivity contribution in [2.45, 2.75) is 11.0 Å². The first kappa shape index (κ1) is 13.0. The Bertz CT molecular complexity index is 807. The molecule has 2 aromatic carbocycles. The Kier molecular flexibility index (Phi) is 3.64. The SMILES string of the molecule is N#Cc1ccccc1CSc1nc2ccc(Cl)cc2o1. The summed E-state index contributed by atoms with van der Waals surface area (Å²) in [5, 5.41) is 10.3. The standard InChI is InChI=1S/C15H9ClN2OS/c16-12-5-6-13-14(7-12)19-15(18-13)20-9-11-4-2-1-3-10(11)8-17/h1-7H,9H2. The van der Waals surface area contributed by atoms with Crippen molar-refractivity contribution in [3.05, 3.63) is 58.6 Å². The first-order chi connectivity index (χ1) is 9.76. The lowest BCUT2D eigenvalue weighted by molar-refractivity contribution is 0.489. The van der Waals surface area contributed by atoms with E-state index >= 15 is 0 Å². The molecule has 1 aromatic heterocycles. The van der Waals surface area contributed by atoms with E-state index in [0.717, 1.165) is 11.1 Å². The number of nitrogens with zero attached hydrogens (tertiary/aromatic N) is 2. The molecule has 0 aliphatic rings. The molecule has 0 bridgehead atoms. The highest BCUT2D eigenvalue weighted by molar-refractivity contribution is 7.98. The van der Waals surface area contributed by atoms with Crippen LogP contribution >= 0.6 is 23.4 Å². The van der Waals surface area contributed by atoms with Gasteiger partial charge in [-0.3, -0.25) is 0 Å². The summed E-state index contributed by atoms with van der Waals surface area (Å²) < 4.78 is 5.63. The second-order valence-corrected chi connectivity index (χ2v) is 5.51. The Hall–Kier alpha value is -1.96. The summed E-state index contributed by atoms with van der Waals surface area (Å²) in [5.74, 6) is 0.643. The fourth-order valence-corrected chi connectivity index (χ4v) is 2.84. The van der Waals surface area contributed by atoms with Gasteiger partial charge < -0.3 is 4.42 Å². The predicted molar refractivity (Wildman–Crippen MR) is 79.7 cm³/mol. The van der Waals surface area contributed by atoms with Crippen LogP contribution in [0, 0.1) is 11.3 Å². The zero-order valence-electron chi connectivity index (χ0n) is 10.3. The molecule has 3 nitrogen and oxygen atoms in total. The number of aromatic nitrogens is 1. The van der Waals surface area contributed by atoms with Gasteiger partial charge in [0.25, 0.3) is 5.22 Å². The molecule has 0 fully saturated rings. The molecule has 0 N–H and O–H groups in total. The monoisotopic (exact) mass is 300 g/mol. The molecular formula is C15H9ClN2OS. The van der Waals surface area contributed by atoms with E-state index in [4.69, 9.17) is 21.3 Å². The Morgan fingerprint density at radius 1 is 1.25 bits per heavy atom. The molecule has 0 unspecified atom stereocenters. The summed E-state index contributed by atoms with van der Waals surface area (Å²) in [6, 6.07) is 15.1. The van der Waals surface area contributed by atoms with Gasteiger partial charge in [-0.2, -0.15) is 5.26 Å². The number of halogens is 1. The smallest absolute Gasteiger partial charge is 0.257 e. The van der Waals surface area contributed by atoms with Crippen molar-refractivity contribution >= 4 is 34.5 Å². The number of thioether (sulfide) groups is 1. The molecule has 5 heteroatoms. The van der Waals surface area contributed by atoms with Gasteiger partial charge in [0.1, 0.15) is 5.52 Å². The summed E-state index contributed by atoms with van der Waals surface area (Å²) in [6.45, 7) is 0. The highest BCUT2D eigenvalue weighted by Gasteiger charge is 2.08. The molecule has 0 radical (unpaired) electrons. The Morgan fingerprint density at radius 3 is 2.95 bits per heavy atom. The Labute approximate surface area is 125 Å². The van der Waals surface area contributed by atoms with Crippen LogP contribution in [0.1, 0.15) is 11.1 Å². The van der Waals surface area contributed by atoms with E-state index in [-0.39, 0.29) is 0 Å². The minimum atomic E-state index is 0.579. The molecule has 20 heavy (non-hydrogen) atoms. The number of nitriles is 1. The van der Waals surface area contributed by atoms with Crippen LogP contribution in [-0.4, -0.2) is 4.98 Å². The summed E-state index contributed by atoms with van der Waals surface area (Å²) >= 11 is 7.37. The van der Waals surface area contributed by atoms with Crippen molar-refractivity contribution in [1.29, 1.82) is 5.26 Å². The second-order valence-electron chi connectivity index (χ2n) is 4.15. The third kappa shape index (κ3) is 2.64. The molecule has 98 valence electrons. The van der Waals surface area contributed by atoms with E-state index in [1.807, 2.05) is 30.3 Å². The van der Waals surface area contributed by atoms with Crippen molar-refractivity contribution in [2.24, 2.45) is 0 Å². The lowest BCUT2D eigenvalue weighted by Gasteiger charge is -2.00. The maximum Gasteiger partial charge on any atom is 0.257 e. The van der Waals surface area contributed by atoms with Crippen LogP contribution in [0.2, 0.25) is 5.02 Å². The Balaban J connectivity index is 1.82. The van der Waals surface area contributed by atoms with Crippen LogP contribution in [0.4, 0.5) is 0 Å². The molecule has 0 amide bonds. The van der Waals surface area contributed by atoms with Gasteiger partial charge in [0, 0.05) is 16.8 Å². The predicted octanol–water partition coefficient (Wildman–Crippen LogP) is 4.65. The van der Waals surface area contributed by atoms with Crippen molar-refractivity contribution in [1.82, 2.24) is 4.98 Å². The van der Waals surface area contributed by atoms with E-state index in [1.54, 1.807) is 12.1 Å². The molecule has 0 saturated carbocycles. The number of hydrogen-bond acceptors (Lipinski definition) is 4. The number of fused-ring (bicyclic) bond motifs is 1. The largest absolute Gasteiger partial charge is 0.431 e. The van der Waals surface area contributed by atoms with Crippen LogP contribution in [0.15, 0.2) is 52.1 Å². The van der Waals surface area contributed by atoms with E-state index < -0.39 is 0 Å². The summed E-state index contributed by atoms with van der Waals surface area (Å²) in [6.07, 6.45) is 0. The van der Waals surface area contributed by atoms with Gasteiger partial charge in [-0.1, -0.05) is 41.6 Å². The van der Waals surface area contributed by atoms with Crippen molar-refractivity contribution in [3.8, 4) is 6.07 Å². The zero-order chi connectivity index (χ0) is 13.9. The molecule has 0 aliphatic heterocycles. The molecule has 3 rings (SSSR count). The van der Waals surface area contributed by atoms with Gasteiger partial charge >= 0.3 is 0 Å². The van der Waals surface area contributed by atoms with Crippen molar-refractivity contribution < 1.29 is 4.42 Å². The minimum absolute atomic E-state index is 0.579. The quantitative estimate of drug-likeness (QED) is 0.661. The summed E-state index contributed by atoms with van der Waals surface area (Å²) in [7, 11) is 0. The first-order valence-electron chi connectivity index (χ1n) is 5.93. The maximum atomic E-state index is 9.05. The van der Waals surface area contributed by atoms with Crippen molar-refractivity contribution in [3.63, 3.8) is 0 Å². The average molecular weight is 301 g/mol. The second kappa shape index (κ2) is 5.58. The third-order valence-corrected chi connectivity index (χ3v) is 3.93. The van der Waals surface area contributed by atoms with Crippen LogP contribution < -0.4 is 0 Å². The highest BCUT2D eigenvalue weighted by Crippen LogP contribution is 2.28. The zero-order valence-corrected chi connectivity index (χ0v) is 11.9. The van der Waals surface area contributed by atoms with E-state index in [9.17, 15) is 0 Å². The lowest BCUT2D eigenvalue weighted by Crippen LogP contribution is -1.86. The first-order valence-corrected chi connectivity index (χ1v) is 7.29. The molecule has 0 spiro atoms. The normalized spacial score (nSPS) is 10.6. The van der Waals surface area contributed by atoms with Crippen LogP contribution in [-0.2, 0) is 5.75 Å². The number of benzene rings is 2. The van der Waals surface area contributed by atoms with E-state index in [0.29, 0.717) is 27.1 Å². The molecule has 3 aromatic rings. The fraction of sp³-hybridized carbons (Fsp3) is 0.0667. The number of oxazole rings is 1. The average Bonchev–Trinajstić information content (AvgIpc) is 2.87. The third-order valence-electron chi connectivity index (χ3n) is 2.82. The summed E-state index contributed by atoms with van der Waals surface area (Å²) in [5.41, 5.74) is 3.11. The number of hydrogen-bond donors (Lipinski definition) is 0. The molecular weight excluding hydrogens is 292 g/mol. The van der Waals surface area contributed by atoms with Crippen LogP contribution in [0.5, 0.6) is 0 Å². The lowest BCUT2D eigenvalue weighted by atomic mass is 10.1. The van der Waals surface area contributed by atoms with Crippen LogP contribution in [0.25, 0.3) is 11.1 Å². The molecule has 1 heterocycles. The Morgan fingerprint density at radius 2 is 2.10 bits per heavy atom. The van der Waals surface area contributed by atoms with Gasteiger partial charge in [-0.05, 0) is 23.8 Å². The molecule has 0 saturated heterocycles.